The molecule has 0 radical (unpaired) electrons. The van der Waals surface area contributed by atoms with Crippen LogP contribution in [0.2, 0.25) is 0 Å². The molecule has 100 valence electrons. The Morgan fingerprint density at radius 3 is 2.82 bits per heavy atom. The van der Waals surface area contributed by atoms with Crippen LogP contribution >= 0.6 is 11.8 Å². The van der Waals surface area contributed by atoms with Crippen LogP contribution in [-0.4, -0.2) is 23.6 Å². The summed E-state index contributed by atoms with van der Waals surface area (Å²) in [5.41, 5.74) is 0. The van der Waals surface area contributed by atoms with Gasteiger partial charge in [0.25, 0.3) is 0 Å². The Morgan fingerprint density at radius 2 is 2.24 bits per heavy atom. The van der Waals surface area contributed by atoms with Gasteiger partial charge in [-0.1, -0.05) is 39.5 Å². The van der Waals surface area contributed by atoms with Crippen molar-refractivity contribution in [1.29, 1.82) is 0 Å². The van der Waals surface area contributed by atoms with Gasteiger partial charge in [0, 0.05) is 5.25 Å². The first-order valence-electron chi connectivity index (χ1n) is 6.90. The normalized spacial score (nSPS) is 26.5. The highest BCUT2D eigenvalue weighted by Crippen LogP contribution is 2.35. The van der Waals surface area contributed by atoms with Crippen LogP contribution in [0, 0.1) is 5.92 Å². The Bertz CT molecular complexity index is 230. The van der Waals surface area contributed by atoms with Gasteiger partial charge in [0.05, 0.1) is 7.11 Å². The molecule has 0 aromatic carbocycles. The molecule has 0 amide bonds. The lowest BCUT2D eigenvalue weighted by Crippen LogP contribution is -2.25. The monoisotopic (exact) mass is 258 g/mol. The molecule has 0 aromatic rings. The van der Waals surface area contributed by atoms with E-state index in [1.165, 1.54) is 32.8 Å². The predicted molar refractivity (Wildman–Crippen MR) is 74.3 cm³/mol. The molecule has 0 N–H and O–H groups in total. The molecular formula is C14H26O2S. The number of unbranched alkanes of at least 4 members (excludes halogenated alkanes) is 1. The number of hydrogen-bond donors (Lipinski definition) is 0. The lowest BCUT2D eigenvalue weighted by molar-refractivity contribution is -0.140. The van der Waals surface area contributed by atoms with Crippen molar-refractivity contribution in [3.05, 3.63) is 0 Å². The van der Waals surface area contributed by atoms with Crippen LogP contribution in [0.1, 0.15) is 58.8 Å². The maximum absolute atomic E-state index is 11.7. The molecule has 1 aliphatic rings. The molecule has 0 spiro atoms. The molecule has 1 rings (SSSR count). The average molecular weight is 258 g/mol. The Kier molecular flexibility index (Phi) is 7.02. The van der Waals surface area contributed by atoms with Crippen molar-refractivity contribution < 1.29 is 9.53 Å². The fourth-order valence-corrected chi connectivity index (χ4v) is 4.21. The zero-order valence-corrected chi connectivity index (χ0v) is 12.2. The second kappa shape index (κ2) is 8.02. The molecular weight excluding hydrogens is 232 g/mol. The van der Waals surface area contributed by atoms with E-state index in [0.717, 1.165) is 25.2 Å². The highest BCUT2D eigenvalue weighted by molar-refractivity contribution is 8.01. The van der Waals surface area contributed by atoms with E-state index in [2.05, 4.69) is 13.8 Å². The smallest absolute Gasteiger partial charge is 0.318 e. The van der Waals surface area contributed by atoms with Crippen molar-refractivity contribution in [2.24, 2.45) is 5.92 Å². The maximum atomic E-state index is 11.7. The number of hydrogen-bond acceptors (Lipinski definition) is 3. The maximum Gasteiger partial charge on any atom is 0.318 e. The second-order valence-corrected chi connectivity index (χ2v) is 6.69. The predicted octanol–water partition coefficient (Wildman–Crippen LogP) is 4.03. The molecule has 3 heteroatoms. The largest absolute Gasteiger partial charge is 0.468 e. The topological polar surface area (TPSA) is 26.3 Å². The summed E-state index contributed by atoms with van der Waals surface area (Å²) in [6.45, 7) is 4.49. The summed E-state index contributed by atoms with van der Waals surface area (Å²) in [6, 6.07) is 0. The Labute approximate surface area is 110 Å². The zero-order chi connectivity index (χ0) is 12.7. The van der Waals surface area contributed by atoms with Crippen molar-refractivity contribution in [3.8, 4) is 0 Å². The lowest BCUT2D eigenvalue weighted by atomic mass is 9.91. The van der Waals surface area contributed by atoms with E-state index < -0.39 is 0 Å². The molecule has 3 unspecified atom stereocenters. The van der Waals surface area contributed by atoms with Crippen molar-refractivity contribution in [1.82, 2.24) is 0 Å². The van der Waals surface area contributed by atoms with Crippen LogP contribution in [0.4, 0.5) is 0 Å². The molecule has 1 aliphatic carbocycles. The van der Waals surface area contributed by atoms with Gasteiger partial charge in [0.2, 0.25) is 0 Å². The van der Waals surface area contributed by atoms with Crippen molar-refractivity contribution in [2.75, 3.05) is 7.11 Å². The first-order valence-corrected chi connectivity index (χ1v) is 7.85. The van der Waals surface area contributed by atoms with E-state index in [1.807, 2.05) is 11.8 Å². The minimum Gasteiger partial charge on any atom is -0.468 e. The van der Waals surface area contributed by atoms with E-state index in [4.69, 9.17) is 4.74 Å². The fraction of sp³-hybridized carbons (Fsp3) is 0.929. The van der Waals surface area contributed by atoms with Gasteiger partial charge in [0.1, 0.15) is 5.25 Å². The first kappa shape index (κ1) is 14.9. The summed E-state index contributed by atoms with van der Waals surface area (Å²) in [5, 5.41) is 0.731. The summed E-state index contributed by atoms with van der Waals surface area (Å²) < 4.78 is 4.92. The summed E-state index contributed by atoms with van der Waals surface area (Å²) in [6.07, 6.45) is 8.46. The summed E-state index contributed by atoms with van der Waals surface area (Å²) in [5.74, 6) is 0.799. The van der Waals surface area contributed by atoms with Crippen LogP contribution < -0.4 is 0 Å². The third-order valence-electron chi connectivity index (χ3n) is 3.53. The molecule has 1 fully saturated rings. The highest BCUT2D eigenvalue weighted by Gasteiger charge is 2.26. The summed E-state index contributed by atoms with van der Waals surface area (Å²) in [7, 11) is 1.51. The SMILES string of the molecule is CCCCC(SC1CCCC(C)C1)C(=O)OC. The van der Waals surface area contributed by atoms with Crippen molar-refractivity contribution in [3.63, 3.8) is 0 Å². The van der Waals surface area contributed by atoms with E-state index in [-0.39, 0.29) is 11.2 Å². The molecule has 0 aromatic heterocycles. The molecule has 0 bridgehead atoms. The minimum atomic E-state index is -0.0262. The number of carbonyl (C=O) groups is 1. The summed E-state index contributed by atoms with van der Waals surface area (Å²) >= 11 is 1.87. The van der Waals surface area contributed by atoms with Gasteiger partial charge in [0.15, 0.2) is 0 Å². The Balaban J connectivity index is 2.43. The Morgan fingerprint density at radius 1 is 1.47 bits per heavy atom. The average Bonchev–Trinajstić information content (AvgIpc) is 2.33. The van der Waals surface area contributed by atoms with Gasteiger partial charge in [-0.2, -0.15) is 0 Å². The number of carbonyl (C=O) groups excluding carboxylic acids is 1. The van der Waals surface area contributed by atoms with Crippen molar-refractivity contribution in [2.45, 2.75) is 69.3 Å². The van der Waals surface area contributed by atoms with Gasteiger partial charge < -0.3 is 4.74 Å². The standard InChI is InChI=1S/C14H26O2S/c1-4-5-9-13(14(15)16-3)17-12-8-6-7-11(2)10-12/h11-13H,4-10H2,1-3H3. The first-order chi connectivity index (χ1) is 8.17. The summed E-state index contributed by atoms with van der Waals surface area (Å²) in [4.78, 5) is 11.7. The van der Waals surface area contributed by atoms with E-state index in [1.54, 1.807) is 0 Å². The molecule has 17 heavy (non-hydrogen) atoms. The molecule has 2 nitrogen and oxygen atoms in total. The van der Waals surface area contributed by atoms with E-state index in [9.17, 15) is 4.79 Å². The molecule has 1 saturated carbocycles. The van der Waals surface area contributed by atoms with E-state index >= 15 is 0 Å². The van der Waals surface area contributed by atoms with Crippen LogP contribution in [-0.2, 0) is 9.53 Å². The Hall–Kier alpha value is -0.180. The van der Waals surface area contributed by atoms with Crippen molar-refractivity contribution >= 4 is 17.7 Å². The number of ether oxygens (including phenoxy) is 1. The van der Waals surface area contributed by atoms with Crippen LogP contribution in [0.5, 0.6) is 0 Å². The third-order valence-corrected chi connectivity index (χ3v) is 5.10. The quantitative estimate of drug-likeness (QED) is 0.673. The highest BCUT2D eigenvalue weighted by atomic mass is 32.2. The lowest BCUT2D eigenvalue weighted by Gasteiger charge is -2.28. The number of rotatable bonds is 6. The van der Waals surface area contributed by atoms with Gasteiger partial charge in [-0.3, -0.25) is 4.79 Å². The molecule has 0 aliphatic heterocycles. The number of methoxy groups -OCH3 is 1. The molecule has 3 atom stereocenters. The molecule has 0 heterocycles. The van der Waals surface area contributed by atoms with Gasteiger partial charge in [-0.05, 0) is 25.2 Å². The van der Waals surface area contributed by atoms with Crippen LogP contribution in [0.15, 0.2) is 0 Å². The fourth-order valence-electron chi connectivity index (χ4n) is 2.50. The van der Waals surface area contributed by atoms with Gasteiger partial charge >= 0.3 is 5.97 Å². The number of thioether (sulfide) groups is 1. The zero-order valence-electron chi connectivity index (χ0n) is 11.4. The second-order valence-electron chi connectivity index (χ2n) is 5.18. The number of esters is 1. The third kappa shape index (κ3) is 5.33. The van der Waals surface area contributed by atoms with E-state index in [0.29, 0.717) is 5.25 Å². The van der Waals surface area contributed by atoms with Crippen LogP contribution in [0.25, 0.3) is 0 Å². The minimum absolute atomic E-state index is 0.0262. The van der Waals surface area contributed by atoms with Crippen LogP contribution in [0.3, 0.4) is 0 Å². The molecule has 0 saturated heterocycles. The van der Waals surface area contributed by atoms with Gasteiger partial charge in [-0.15, -0.1) is 11.8 Å². The van der Waals surface area contributed by atoms with Gasteiger partial charge in [-0.25, -0.2) is 0 Å².